The second-order valence-electron chi connectivity index (χ2n) is 4.93. The molecule has 0 spiro atoms. The van der Waals surface area contributed by atoms with Gasteiger partial charge in [-0.25, -0.2) is 4.98 Å². The van der Waals surface area contributed by atoms with Crippen molar-refractivity contribution < 1.29 is 0 Å². The zero-order valence-corrected chi connectivity index (χ0v) is 12.9. The molecule has 8 heteroatoms. The molecular weight excluding hydrogens is 296 g/mol. The first-order chi connectivity index (χ1) is 9.61. The van der Waals surface area contributed by atoms with Crippen LogP contribution in [-0.2, 0) is 0 Å². The highest BCUT2D eigenvalue weighted by Gasteiger charge is 2.25. The van der Waals surface area contributed by atoms with Gasteiger partial charge in [-0.05, 0) is 0 Å². The van der Waals surface area contributed by atoms with Gasteiger partial charge in [0.25, 0.3) is 0 Å². The van der Waals surface area contributed by atoms with Crippen molar-refractivity contribution in [2.75, 3.05) is 43.4 Å². The first kappa shape index (κ1) is 13.8. The van der Waals surface area contributed by atoms with Crippen molar-refractivity contribution in [1.82, 2.24) is 14.9 Å². The summed E-state index contributed by atoms with van der Waals surface area (Å²) in [6, 6.07) is 1.76. The van der Waals surface area contributed by atoms with Crippen LogP contribution in [0.25, 0.3) is 0 Å². The number of nitrogens with two attached hydrogens (primary N) is 1. The van der Waals surface area contributed by atoms with Gasteiger partial charge in [0, 0.05) is 37.5 Å². The van der Waals surface area contributed by atoms with E-state index in [4.69, 9.17) is 17.3 Å². The summed E-state index contributed by atoms with van der Waals surface area (Å²) in [7, 11) is 0. The summed E-state index contributed by atoms with van der Waals surface area (Å²) in [5, 5.41) is 2.17. The smallest absolute Gasteiger partial charge is 0.223 e. The Bertz CT molecular complexity index is 508. The zero-order chi connectivity index (χ0) is 14.1. The largest absolute Gasteiger partial charge is 0.368 e. The van der Waals surface area contributed by atoms with Gasteiger partial charge in [0.05, 0.1) is 6.54 Å². The fourth-order valence-electron chi connectivity index (χ4n) is 2.35. The van der Waals surface area contributed by atoms with Crippen molar-refractivity contribution in [2.45, 2.75) is 12.2 Å². The molecule has 3 rings (SSSR count). The molecule has 2 aliphatic rings. The number of nitrogen functional groups attached to an aromatic ring is 1. The molecule has 1 fully saturated rings. The molecule has 0 radical (unpaired) electrons. The third kappa shape index (κ3) is 2.93. The number of nitrogens with zero attached hydrogens (tertiary/aromatic N) is 5. The third-order valence-corrected chi connectivity index (χ3v) is 4.71. The number of rotatable bonds is 1. The Morgan fingerprint density at radius 1 is 1.25 bits per heavy atom. The van der Waals surface area contributed by atoms with Crippen molar-refractivity contribution >= 4 is 40.3 Å². The molecule has 1 unspecified atom stereocenters. The van der Waals surface area contributed by atoms with E-state index in [1.54, 1.807) is 6.07 Å². The second-order valence-corrected chi connectivity index (χ2v) is 6.73. The van der Waals surface area contributed by atoms with E-state index in [-0.39, 0.29) is 5.95 Å². The molecule has 1 aromatic rings. The average Bonchev–Trinajstić information content (AvgIpc) is 2.84. The summed E-state index contributed by atoms with van der Waals surface area (Å²) in [6.45, 7) is 6.81. The Morgan fingerprint density at radius 2 is 1.95 bits per heavy atom. The van der Waals surface area contributed by atoms with Crippen molar-refractivity contribution in [3.8, 4) is 0 Å². The average molecular weight is 313 g/mol. The SMILES string of the molecule is CC1CN=C(N2CCN(c3cc(Cl)nc(N)n3)CC2)S1. The molecule has 20 heavy (non-hydrogen) atoms. The topological polar surface area (TPSA) is 70.6 Å². The maximum Gasteiger partial charge on any atom is 0.223 e. The Labute approximate surface area is 127 Å². The van der Waals surface area contributed by atoms with Crippen LogP contribution in [0, 0.1) is 0 Å². The standard InChI is InChI=1S/C12H17ClN6S/c1-8-7-15-12(20-8)19-4-2-18(3-5-19)10-6-9(13)16-11(14)17-10/h6,8H,2-5,7H2,1H3,(H2,14,16,17). The molecule has 2 N–H and O–H groups in total. The monoisotopic (exact) mass is 312 g/mol. The molecule has 0 aliphatic carbocycles. The van der Waals surface area contributed by atoms with Crippen LogP contribution in [0.5, 0.6) is 0 Å². The van der Waals surface area contributed by atoms with Gasteiger partial charge in [-0.2, -0.15) is 4.98 Å². The Balaban J connectivity index is 1.63. The van der Waals surface area contributed by atoms with E-state index in [1.807, 2.05) is 11.8 Å². The lowest BCUT2D eigenvalue weighted by molar-refractivity contribution is 0.391. The number of hydrogen-bond acceptors (Lipinski definition) is 7. The zero-order valence-electron chi connectivity index (χ0n) is 11.3. The molecule has 108 valence electrons. The highest BCUT2D eigenvalue weighted by atomic mass is 35.5. The van der Waals surface area contributed by atoms with E-state index < -0.39 is 0 Å². The third-order valence-electron chi connectivity index (χ3n) is 3.36. The summed E-state index contributed by atoms with van der Waals surface area (Å²) < 4.78 is 0. The lowest BCUT2D eigenvalue weighted by Crippen LogP contribution is -2.48. The van der Waals surface area contributed by atoms with E-state index >= 15 is 0 Å². The minimum atomic E-state index is 0.222. The van der Waals surface area contributed by atoms with Gasteiger partial charge in [0.15, 0.2) is 5.17 Å². The summed E-state index contributed by atoms with van der Waals surface area (Å²) >= 11 is 7.79. The Hall–Kier alpha value is -1.21. The molecule has 0 aromatic carbocycles. The first-order valence-corrected chi connectivity index (χ1v) is 7.88. The minimum absolute atomic E-state index is 0.222. The lowest BCUT2D eigenvalue weighted by atomic mass is 10.3. The van der Waals surface area contributed by atoms with Crippen LogP contribution in [0.3, 0.4) is 0 Å². The summed E-state index contributed by atoms with van der Waals surface area (Å²) in [4.78, 5) is 17.2. The highest BCUT2D eigenvalue weighted by Crippen LogP contribution is 2.25. The van der Waals surface area contributed by atoms with Crippen LogP contribution in [-0.4, -0.2) is 58.0 Å². The molecule has 0 amide bonds. The molecule has 0 saturated carbocycles. The van der Waals surface area contributed by atoms with E-state index in [2.05, 4.69) is 31.7 Å². The van der Waals surface area contributed by atoms with Crippen LogP contribution in [0.2, 0.25) is 5.15 Å². The van der Waals surface area contributed by atoms with E-state index in [9.17, 15) is 0 Å². The molecule has 1 aromatic heterocycles. The van der Waals surface area contributed by atoms with Crippen LogP contribution in [0.4, 0.5) is 11.8 Å². The highest BCUT2D eigenvalue weighted by molar-refractivity contribution is 8.14. The first-order valence-electron chi connectivity index (χ1n) is 6.63. The number of thioether (sulfide) groups is 1. The van der Waals surface area contributed by atoms with Crippen LogP contribution in [0.1, 0.15) is 6.92 Å². The number of piperazine rings is 1. The number of anilines is 2. The van der Waals surface area contributed by atoms with Crippen LogP contribution < -0.4 is 10.6 Å². The Morgan fingerprint density at radius 3 is 2.55 bits per heavy atom. The predicted octanol–water partition coefficient (Wildman–Crippen LogP) is 1.33. The van der Waals surface area contributed by atoms with Gasteiger partial charge in [0.1, 0.15) is 11.0 Å². The molecule has 1 saturated heterocycles. The Kier molecular flexibility index (Phi) is 3.89. The number of aliphatic imine (C=N–C) groups is 1. The van der Waals surface area contributed by atoms with E-state index in [0.29, 0.717) is 10.4 Å². The van der Waals surface area contributed by atoms with Crippen molar-refractivity contribution in [3.63, 3.8) is 0 Å². The molecule has 0 bridgehead atoms. The van der Waals surface area contributed by atoms with Gasteiger partial charge >= 0.3 is 0 Å². The predicted molar refractivity (Wildman–Crippen MR) is 84.6 cm³/mol. The summed E-state index contributed by atoms with van der Waals surface area (Å²) in [5.41, 5.74) is 5.64. The minimum Gasteiger partial charge on any atom is -0.368 e. The van der Waals surface area contributed by atoms with Crippen molar-refractivity contribution in [3.05, 3.63) is 11.2 Å². The van der Waals surface area contributed by atoms with Gasteiger partial charge in [0.2, 0.25) is 5.95 Å². The molecule has 3 heterocycles. The molecule has 1 atom stereocenters. The molecular formula is C12H17ClN6S. The van der Waals surface area contributed by atoms with Crippen molar-refractivity contribution in [2.24, 2.45) is 4.99 Å². The van der Waals surface area contributed by atoms with Gasteiger partial charge in [-0.15, -0.1) is 0 Å². The fraction of sp³-hybridized carbons (Fsp3) is 0.583. The van der Waals surface area contributed by atoms with Gasteiger partial charge < -0.3 is 15.5 Å². The maximum absolute atomic E-state index is 5.93. The molecule has 6 nitrogen and oxygen atoms in total. The quantitative estimate of drug-likeness (QED) is 0.789. The second kappa shape index (κ2) is 5.65. The van der Waals surface area contributed by atoms with Crippen molar-refractivity contribution in [1.29, 1.82) is 0 Å². The molecule has 2 aliphatic heterocycles. The lowest BCUT2D eigenvalue weighted by Gasteiger charge is -2.36. The summed E-state index contributed by atoms with van der Waals surface area (Å²) in [6.07, 6.45) is 0. The summed E-state index contributed by atoms with van der Waals surface area (Å²) in [5.74, 6) is 1.02. The number of hydrogen-bond donors (Lipinski definition) is 1. The maximum atomic E-state index is 5.93. The normalized spacial score (nSPS) is 23.1. The fourth-order valence-corrected chi connectivity index (χ4v) is 3.52. The van der Waals surface area contributed by atoms with E-state index in [0.717, 1.165) is 38.5 Å². The number of aromatic nitrogens is 2. The number of halogens is 1. The van der Waals surface area contributed by atoms with E-state index in [1.165, 1.54) is 5.17 Å². The van der Waals surface area contributed by atoms with Gasteiger partial charge in [-0.3, -0.25) is 4.99 Å². The van der Waals surface area contributed by atoms with Gasteiger partial charge in [-0.1, -0.05) is 30.3 Å². The number of amidine groups is 1. The van der Waals surface area contributed by atoms with Crippen LogP contribution in [0.15, 0.2) is 11.1 Å². The van der Waals surface area contributed by atoms with Crippen LogP contribution >= 0.6 is 23.4 Å².